The summed E-state index contributed by atoms with van der Waals surface area (Å²) in [5, 5.41) is 6.52. The van der Waals surface area contributed by atoms with Crippen LogP contribution in [0.3, 0.4) is 0 Å². The average molecular weight is 438 g/mol. The van der Waals surface area contributed by atoms with Crippen LogP contribution < -0.4 is 4.72 Å². The van der Waals surface area contributed by atoms with Crippen molar-refractivity contribution in [2.24, 2.45) is 0 Å². The number of nitrogens with zero attached hydrogens (tertiary/aromatic N) is 2. The number of hydrogen-bond donors (Lipinski definition) is 1. The first-order valence-electron chi connectivity index (χ1n) is 9.81. The molecule has 4 aromatic rings. The number of aryl methyl sites for hydroxylation is 1. The lowest BCUT2D eigenvalue weighted by atomic mass is 10.1. The van der Waals surface area contributed by atoms with Gasteiger partial charge in [0, 0.05) is 12.7 Å². The third kappa shape index (κ3) is 5.05. The van der Waals surface area contributed by atoms with Crippen molar-refractivity contribution in [3.63, 3.8) is 0 Å². The van der Waals surface area contributed by atoms with E-state index in [0.29, 0.717) is 18.8 Å². The van der Waals surface area contributed by atoms with Crippen molar-refractivity contribution >= 4 is 21.4 Å². The second-order valence-electron chi connectivity index (χ2n) is 6.99. The first-order valence-corrected chi connectivity index (χ1v) is 12.2. The Bertz CT molecular complexity index is 1170. The smallest absolute Gasteiger partial charge is 0.244 e. The summed E-state index contributed by atoms with van der Waals surface area (Å²) in [6.45, 7) is 0.897. The Labute approximate surface area is 181 Å². The highest BCUT2D eigenvalue weighted by atomic mass is 32.2. The zero-order valence-corrected chi connectivity index (χ0v) is 18.1. The first kappa shape index (κ1) is 20.5. The minimum absolute atomic E-state index is 0.223. The van der Waals surface area contributed by atoms with Crippen molar-refractivity contribution < 1.29 is 8.42 Å². The van der Waals surface area contributed by atoms with E-state index in [-0.39, 0.29) is 4.90 Å². The number of benzene rings is 2. The number of nitrogens with one attached hydrogen (secondary N) is 1. The molecule has 0 spiro atoms. The molecule has 0 bridgehead atoms. The van der Waals surface area contributed by atoms with Crippen LogP contribution in [-0.2, 0) is 23.0 Å². The molecule has 4 rings (SSSR count). The number of thiophene rings is 1. The molecule has 5 nitrogen and oxygen atoms in total. The van der Waals surface area contributed by atoms with Gasteiger partial charge in [-0.15, -0.1) is 11.3 Å². The molecule has 0 aliphatic carbocycles. The second-order valence-corrected chi connectivity index (χ2v) is 9.67. The molecule has 0 radical (unpaired) electrons. The minimum atomic E-state index is -3.67. The Balaban J connectivity index is 1.51. The second kappa shape index (κ2) is 9.38. The summed E-state index contributed by atoms with van der Waals surface area (Å²) in [4.78, 5) is 1.06. The van der Waals surface area contributed by atoms with Crippen molar-refractivity contribution in [2.45, 2.75) is 24.3 Å². The van der Waals surface area contributed by atoms with Crippen LogP contribution in [0.2, 0.25) is 0 Å². The fourth-order valence-electron chi connectivity index (χ4n) is 3.26. The van der Waals surface area contributed by atoms with E-state index >= 15 is 0 Å². The lowest BCUT2D eigenvalue weighted by Gasteiger charge is -2.06. The van der Waals surface area contributed by atoms with E-state index in [1.165, 1.54) is 16.9 Å². The van der Waals surface area contributed by atoms with E-state index in [2.05, 4.69) is 22.0 Å². The molecule has 154 valence electrons. The molecule has 0 fully saturated rings. The van der Waals surface area contributed by atoms with E-state index < -0.39 is 10.0 Å². The molecule has 0 saturated heterocycles. The van der Waals surface area contributed by atoms with Gasteiger partial charge in [-0.05, 0) is 35.4 Å². The van der Waals surface area contributed by atoms with E-state index in [1.54, 1.807) is 10.9 Å². The van der Waals surface area contributed by atoms with Gasteiger partial charge in [0.15, 0.2) is 0 Å². The van der Waals surface area contributed by atoms with Crippen LogP contribution >= 0.6 is 11.3 Å². The van der Waals surface area contributed by atoms with Crippen LogP contribution in [0, 0.1) is 0 Å². The quantitative estimate of drug-likeness (QED) is 0.390. The molecule has 0 saturated carbocycles. The van der Waals surface area contributed by atoms with Gasteiger partial charge in [-0.2, -0.15) is 5.10 Å². The van der Waals surface area contributed by atoms with Crippen LogP contribution in [0.1, 0.15) is 17.5 Å². The largest absolute Gasteiger partial charge is 0.266 e. The highest BCUT2D eigenvalue weighted by molar-refractivity contribution is 7.89. The molecule has 0 amide bonds. The summed E-state index contributed by atoms with van der Waals surface area (Å²) < 4.78 is 30.6. The molecule has 30 heavy (non-hydrogen) atoms. The molecule has 2 aromatic carbocycles. The minimum Gasteiger partial charge on any atom is -0.266 e. The maximum atomic E-state index is 13.1. The molecule has 0 atom stereocenters. The predicted molar refractivity (Wildman–Crippen MR) is 121 cm³/mol. The van der Waals surface area contributed by atoms with Crippen LogP contribution in [0.15, 0.2) is 89.3 Å². The summed E-state index contributed by atoms with van der Waals surface area (Å²) in [6.07, 6.45) is 3.19. The van der Waals surface area contributed by atoms with Crippen molar-refractivity contribution in [2.75, 3.05) is 6.54 Å². The Morgan fingerprint density at radius 1 is 0.900 bits per heavy atom. The summed E-state index contributed by atoms with van der Waals surface area (Å²) >= 11 is 1.48. The van der Waals surface area contributed by atoms with Gasteiger partial charge in [-0.25, -0.2) is 13.1 Å². The number of rotatable bonds is 9. The summed E-state index contributed by atoms with van der Waals surface area (Å²) in [7, 11) is -3.67. The highest BCUT2D eigenvalue weighted by Crippen LogP contribution is 2.29. The normalized spacial score (nSPS) is 11.6. The van der Waals surface area contributed by atoms with Crippen LogP contribution in [-0.4, -0.2) is 24.7 Å². The van der Waals surface area contributed by atoms with Crippen LogP contribution in [0.5, 0.6) is 0 Å². The fourth-order valence-corrected chi connectivity index (χ4v) is 5.28. The molecule has 0 unspecified atom stereocenters. The molecule has 1 N–H and O–H groups in total. The Morgan fingerprint density at radius 3 is 2.27 bits per heavy atom. The topological polar surface area (TPSA) is 64.0 Å². The molecule has 2 heterocycles. The SMILES string of the molecule is O=S(=O)(NCCCc1ccccc1)c1cn(Cc2ccccc2)nc1-c1cccs1. The van der Waals surface area contributed by atoms with Crippen molar-refractivity contribution in [1.29, 1.82) is 0 Å². The van der Waals surface area contributed by atoms with E-state index in [4.69, 9.17) is 0 Å². The third-order valence-electron chi connectivity index (χ3n) is 4.74. The molecule has 0 aliphatic heterocycles. The molecule has 7 heteroatoms. The Kier molecular flexibility index (Phi) is 6.42. The zero-order valence-electron chi connectivity index (χ0n) is 16.4. The molecular formula is C23H23N3O2S2. The van der Waals surface area contributed by atoms with E-state index in [0.717, 1.165) is 23.3 Å². The van der Waals surface area contributed by atoms with Gasteiger partial charge in [-0.1, -0.05) is 66.7 Å². The summed E-state index contributed by atoms with van der Waals surface area (Å²) in [6, 6.07) is 23.8. The highest BCUT2D eigenvalue weighted by Gasteiger charge is 2.24. The predicted octanol–water partition coefficient (Wildman–Crippen LogP) is 4.57. The van der Waals surface area contributed by atoms with Gasteiger partial charge >= 0.3 is 0 Å². The summed E-state index contributed by atoms with van der Waals surface area (Å²) in [5.41, 5.74) is 2.76. The monoisotopic (exact) mass is 437 g/mol. The van der Waals surface area contributed by atoms with Crippen LogP contribution in [0.25, 0.3) is 10.6 Å². The van der Waals surface area contributed by atoms with Gasteiger partial charge < -0.3 is 0 Å². The number of sulfonamides is 1. The Hall–Kier alpha value is -2.74. The maximum Gasteiger partial charge on any atom is 0.244 e. The van der Waals surface area contributed by atoms with Gasteiger partial charge in [0.05, 0.1) is 11.4 Å². The maximum absolute atomic E-state index is 13.1. The lowest BCUT2D eigenvalue weighted by molar-refractivity contribution is 0.579. The van der Waals surface area contributed by atoms with Gasteiger partial charge in [0.1, 0.15) is 10.6 Å². The molecular weight excluding hydrogens is 414 g/mol. The van der Waals surface area contributed by atoms with E-state index in [1.807, 2.05) is 66.0 Å². The number of hydrogen-bond acceptors (Lipinski definition) is 4. The van der Waals surface area contributed by atoms with Crippen molar-refractivity contribution in [3.05, 3.63) is 95.5 Å². The zero-order chi connectivity index (χ0) is 20.8. The lowest BCUT2D eigenvalue weighted by Crippen LogP contribution is -2.25. The van der Waals surface area contributed by atoms with Crippen molar-refractivity contribution in [1.82, 2.24) is 14.5 Å². The third-order valence-corrected chi connectivity index (χ3v) is 7.08. The Morgan fingerprint density at radius 2 is 1.60 bits per heavy atom. The molecule has 2 aromatic heterocycles. The fraction of sp³-hybridized carbons (Fsp3) is 0.174. The average Bonchev–Trinajstić information content (AvgIpc) is 3.43. The first-order chi connectivity index (χ1) is 14.6. The van der Waals surface area contributed by atoms with Crippen LogP contribution in [0.4, 0.5) is 0 Å². The van der Waals surface area contributed by atoms with E-state index in [9.17, 15) is 8.42 Å². The van der Waals surface area contributed by atoms with Gasteiger partial charge in [0.2, 0.25) is 10.0 Å². The van der Waals surface area contributed by atoms with Gasteiger partial charge in [-0.3, -0.25) is 4.68 Å². The number of aromatic nitrogens is 2. The van der Waals surface area contributed by atoms with Crippen molar-refractivity contribution in [3.8, 4) is 10.6 Å². The van der Waals surface area contributed by atoms with Gasteiger partial charge in [0.25, 0.3) is 0 Å². The summed E-state index contributed by atoms with van der Waals surface area (Å²) in [5.74, 6) is 0. The standard InChI is InChI=1S/C23H23N3O2S2/c27-30(28,24-15-7-13-19-9-3-1-4-10-19)22-18-26(17-20-11-5-2-6-12-20)25-23(22)21-14-8-16-29-21/h1-6,8-12,14,16,18,24H,7,13,15,17H2. The molecule has 0 aliphatic rings.